The van der Waals surface area contributed by atoms with Gasteiger partial charge in [-0.3, -0.25) is 14.4 Å². The lowest BCUT2D eigenvalue weighted by Crippen LogP contribution is -2.55. The molecule has 2 aromatic rings. The Kier molecular flexibility index (Phi) is 7.05. The fourth-order valence-electron chi connectivity index (χ4n) is 6.54. The largest absolute Gasteiger partial charge is 0.396 e. The Bertz CT molecular complexity index is 1140. The predicted molar refractivity (Wildman–Crippen MR) is 137 cm³/mol. The zero-order valence-corrected chi connectivity index (χ0v) is 21.2. The van der Waals surface area contributed by atoms with Gasteiger partial charge in [0, 0.05) is 26.2 Å². The van der Waals surface area contributed by atoms with E-state index in [4.69, 9.17) is 4.74 Å². The number of nitrogens with zero attached hydrogens (tertiary/aromatic N) is 1. The Morgan fingerprint density at radius 2 is 1.54 bits per heavy atom. The molecule has 3 amide bonds. The number of unbranched alkanes of at least 4 members (excludes halogenated alkanes) is 1. The van der Waals surface area contributed by atoms with Gasteiger partial charge in [0.2, 0.25) is 17.7 Å². The van der Waals surface area contributed by atoms with Crippen molar-refractivity contribution >= 4 is 17.7 Å². The summed E-state index contributed by atoms with van der Waals surface area (Å²) in [4.78, 5) is 42.8. The first kappa shape index (κ1) is 25.4. The van der Waals surface area contributed by atoms with Gasteiger partial charge in [-0.25, -0.2) is 0 Å². The molecule has 3 aliphatic heterocycles. The molecule has 0 saturated carbocycles. The molecule has 0 radical (unpaired) electrons. The number of carbonyl (C=O) groups excluding carboxylic acids is 3. The molecule has 1 spiro atoms. The minimum Gasteiger partial charge on any atom is -0.396 e. The molecule has 8 heteroatoms. The summed E-state index contributed by atoms with van der Waals surface area (Å²) in [7, 11) is 0. The maximum absolute atomic E-state index is 13.9. The summed E-state index contributed by atoms with van der Waals surface area (Å²) in [5.74, 6) is -2.08. The van der Waals surface area contributed by atoms with E-state index >= 15 is 0 Å². The first-order valence-corrected chi connectivity index (χ1v) is 13.1. The highest BCUT2D eigenvalue weighted by Crippen LogP contribution is 2.63. The van der Waals surface area contributed by atoms with Crippen LogP contribution in [0.2, 0.25) is 0 Å². The van der Waals surface area contributed by atoms with E-state index in [0.717, 1.165) is 11.1 Å². The average Bonchev–Trinajstić information content (AvgIpc) is 3.48. The number of rotatable bonds is 10. The van der Waals surface area contributed by atoms with E-state index in [1.165, 1.54) is 0 Å². The summed E-state index contributed by atoms with van der Waals surface area (Å²) in [5, 5.41) is 15.3. The van der Waals surface area contributed by atoms with Gasteiger partial charge in [-0.2, -0.15) is 0 Å². The molecular weight excluding hydrogens is 470 g/mol. The van der Waals surface area contributed by atoms with Crippen LogP contribution in [0.15, 0.2) is 60.7 Å². The summed E-state index contributed by atoms with van der Waals surface area (Å²) < 4.78 is 6.62. The molecule has 5 rings (SSSR count). The van der Waals surface area contributed by atoms with Crippen molar-refractivity contribution < 1.29 is 24.2 Å². The third-order valence-corrected chi connectivity index (χ3v) is 8.23. The number of nitrogens with one attached hydrogen (secondary N) is 2. The van der Waals surface area contributed by atoms with Gasteiger partial charge in [-0.15, -0.1) is 0 Å². The molecule has 3 aliphatic rings. The van der Waals surface area contributed by atoms with Crippen LogP contribution in [-0.2, 0) is 32.2 Å². The van der Waals surface area contributed by atoms with Crippen molar-refractivity contribution in [2.75, 3.05) is 13.2 Å². The summed E-state index contributed by atoms with van der Waals surface area (Å²) in [6, 6.07) is 18.4. The van der Waals surface area contributed by atoms with Crippen LogP contribution in [0.1, 0.15) is 43.7 Å². The van der Waals surface area contributed by atoms with Gasteiger partial charge in [0.05, 0.1) is 17.4 Å². The maximum atomic E-state index is 13.9. The van der Waals surface area contributed by atoms with Crippen LogP contribution in [0, 0.1) is 11.8 Å². The van der Waals surface area contributed by atoms with E-state index in [2.05, 4.69) is 10.6 Å². The summed E-state index contributed by atoms with van der Waals surface area (Å²) >= 11 is 0. The second-order valence-corrected chi connectivity index (χ2v) is 10.6. The van der Waals surface area contributed by atoms with Crippen molar-refractivity contribution in [3.05, 3.63) is 71.8 Å². The first-order valence-electron chi connectivity index (χ1n) is 13.1. The highest BCUT2D eigenvalue weighted by molar-refractivity contribution is 5.99. The van der Waals surface area contributed by atoms with Gasteiger partial charge in [-0.1, -0.05) is 60.7 Å². The molecule has 2 unspecified atom stereocenters. The van der Waals surface area contributed by atoms with Crippen molar-refractivity contribution in [2.24, 2.45) is 11.8 Å². The number of likely N-dealkylation sites (tertiary alicyclic amines) is 1. The smallest absolute Gasteiger partial charge is 0.246 e. The standard InChI is InChI=1S/C29H35N3O5/c1-28-14-15-29(37-28)23(22(28)25(34)30-18-20-10-4-2-5-11-20)27(36)32(16-8-9-17-33)24(29)26(35)31-19-21-12-6-3-7-13-21/h2-7,10-13,22-24,33H,8-9,14-19H2,1H3,(H,30,34)(H,31,35)/t22-,23+,24?,28+,29?/m1/s1. The van der Waals surface area contributed by atoms with E-state index in [-0.39, 0.29) is 24.3 Å². The van der Waals surface area contributed by atoms with Gasteiger partial charge in [-0.05, 0) is 43.7 Å². The number of benzene rings is 2. The highest BCUT2D eigenvalue weighted by Gasteiger charge is 2.77. The van der Waals surface area contributed by atoms with E-state index in [1.807, 2.05) is 67.6 Å². The van der Waals surface area contributed by atoms with Gasteiger partial charge < -0.3 is 25.4 Å². The number of hydrogen-bond acceptors (Lipinski definition) is 5. The maximum Gasteiger partial charge on any atom is 0.246 e. The Morgan fingerprint density at radius 1 is 0.946 bits per heavy atom. The van der Waals surface area contributed by atoms with Crippen LogP contribution in [0.3, 0.4) is 0 Å². The molecule has 196 valence electrons. The summed E-state index contributed by atoms with van der Waals surface area (Å²) in [6.07, 6.45) is 2.24. The average molecular weight is 506 g/mol. The van der Waals surface area contributed by atoms with Crippen LogP contribution >= 0.6 is 0 Å². The molecule has 3 saturated heterocycles. The van der Waals surface area contributed by atoms with E-state index in [9.17, 15) is 19.5 Å². The van der Waals surface area contributed by atoms with Crippen LogP contribution < -0.4 is 10.6 Å². The predicted octanol–water partition coefficient (Wildman–Crippen LogP) is 2.16. The SMILES string of the molecule is C[C@@]12CCC3(O1)C(C(=O)NCc1ccccc1)N(CCCCO)C(=O)[C@@H]3[C@@H]2C(=O)NCc1ccccc1. The Balaban J connectivity index is 1.40. The summed E-state index contributed by atoms with van der Waals surface area (Å²) in [5.41, 5.74) is 0.0840. The van der Waals surface area contributed by atoms with Crippen molar-refractivity contribution in [2.45, 2.75) is 62.9 Å². The highest BCUT2D eigenvalue weighted by atomic mass is 16.5. The quantitative estimate of drug-likeness (QED) is 0.429. The number of hydrogen-bond donors (Lipinski definition) is 3. The fourth-order valence-corrected chi connectivity index (χ4v) is 6.54. The lowest BCUT2D eigenvalue weighted by Gasteiger charge is -2.33. The number of ether oxygens (including phenoxy) is 1. The lowest BCUT2D eigenvalue weighted by molar-refractivity contribution is -0.146. The van der Waals surface area contributed by atoms with E-state index < -0.39 is 29.1 Å². The van der Waals surface area contributed by atoms with Gasteiger partial charge in [0.1, 0.15) is 11.6 Å². The van der Waals surface area contributed by atoms with Crippen molar-refractivity contribution in [1.82, 2.24) is 15.5 Å². The molecule has 37 heavy (non-hydrogen) atoms. The van der Waals surface area contributed by atoms with Crippen LogP contribution in [0.25, 0.3) is 0 Å². The Morgan fingerprint density at radius 3 is 2.14 bits per heavy atom. The number of fused-ring (bicyclic) bond motifs is 1. The van der Waals surface area contributed by atoms with Crippen molar-refractivity contribution in [3.8, 4) is 0 Å². The molecule has 3 N–H and O–H groups in total. The second-order valence-electron chi connectivity index (χ2n) is 10.6. The van der Waals surface area contributed by atoms with Crippen LogP contribution in [0.4, 0.5) is 0 Å². The molecular formula is C29H35N3O5. The summed E-state index contributed by atoms with van der Waals surface area (Å²) in [6.45, 7) is 2.95. The number of aliphatic hydroxyl groups is 1. The molecule has 0 aliphatic carbocycles. The van der Waals surface area contributed by atoms with Crippen molar-refractivity contribution in [1.29, 1.82) is 0 Å². The molecule has 3 heterocycles. The topological polar surface area (TPSA) is 108 Å². The zero-order chi connectivity index (χ0) is 26.0. The molecule has 2 aromatic carbocycles. The molecule has 5 atom stereocenters. The molecule has 2 bridgehead atoms. The first-order chi connectivity index (χ1) is 17.9. The van der Waals surface area contributed by atoms with Gasteiger partial charge in [0.15, 0.2) is 0 Å². The number of amides is 3. The number of aliphatic hydroxyl groups excluding tert-OH is 1. The fraction of sp³-hybridized carbons (Fsp3) is 0.483. The normalized spacial score (nSPS) is 29.8. The molecule has 3 fully saturated rings. The lowest BCUT2D eigenvalue weighted by atomic mass is 9.66. The monoisotopic (exact) mass is 505 g/mol. The van der Waals surface area contributed by atoms with Gasteiger partial charge in [0.25, 0.3) is 0 Å². The number of carbonyl (C=O) groups is 3. The minimum atomic E-state index is -1.04. The van der Waals surface area contributed by atoms with E-state index in [0.29, 0.717) is 45.3 Å². The zero-order valence-electron chi connectivity index (χ0n) is 21.2. The minimum absolute atomic E-state index is 0.0144. The molecule has 8 nitrogen and oxygen atoms in total. The second kappa shape index (κ2) is 10.3. The van der Waals surface area contributed by atoms with E-state index in [1.54, 1.807) is 4.90 Å². The Hall–Kier alpha value is -3.23. The molecule has 0 aromatic heterocycles. The van der Waals surface area contributed by atoms with Crippen LogP contribution in [0.5, 0.6) is 0 Å². The van der Waals surface area contributed by atoms with Crippen LogP contribution in [-0.4, -0.2) is 58.1 Å². The third-order valence-electron chi connectivity index (χ3n) is 8.23. The van der Waals surface area contributed by atoms with Crippen molar-refractivity contribution in [3.63, 3.8) is 0 Å². The van der Waals surface area contributed by atoms with Gasteiger partial charge >= 0.3 is 0 Å². The third kappa shape index (κ3) is 4.53. The Labute approximate surface area is 217 Å².